The van der Waals surface area contributed by atoms with Crippen LogP contribution in [0, 0.1) is 0 Å². The van der Waals surface area contributed by atoms with Gasteiger partial charge in [-0.1, -0.05) is 0 Å². The Morgan fingerprint density at radius 1 is 1.35 bits per heavy atom. The van der Waals surface area contributed by atoms with Gasteiger partial charge in [0.15, 0.2) is 10.4 Å². The standard InChI is InChI=1S/C11H15BrN2O3/c1-3-14(4-2)10(15)7-13-11(16)8-5-6-9(12)17-8/h5-6H,3-4,7H2,1-2H3,(H,13,16). The summed E-state index contributed by atoms with van der Waals surface area (Å²) in [6, 6.07) is 3.17. The van der Waals surface area contributed by atoms with Crippen LogP contribution in [0.2, 0.25) is 0 Å². The quantitative estimate of drug-likeness (QED) is 0.899. The SMILES string of the molecule is CCN(CC)C(=O)CNC(=O)c1ccc(Br)o1. The van der Waals surface area contributed by atoms with Crippen molar-refractivity contribution in [2.45, 2.75) is 13.8 Å². The van der Waals surface area contributed by atoms with Crippen molar-refractivity contribution in [1.82, 2.24) is 10.2 Å². The maximum Gasteiger partial charge on any atom is 0.287 e. The van der Waals surface area contributed by atoms with E-state index >= 15 is 0 Å². The molecule has 1 rings (SSSR count). The Morgan fingerprint density at radius 2 is 2.00 bits per heavy atom. The number of halogens is 1. The number of carbonyl (C=O) groups excluding carboxylic acids is 2. The Morgan fingerprint density at radius 3 is 2.47 bits per heavy atom. The molecule has 0 fully saturated rings. The van der Waals surface area contributed by atoms with Crippen molar-refractivity contribution in [3.63, 3.8) is 0 Å². The van der Waals surface area contributed by atoms with Crippen molar-refractivity contribution in [1.29, 1.82) is 0 Å². The molecular formula is C11H15BrN2O3. The number of hydrogen-bond acceptors (Lipinski definition) is 3. The Balaban J connectivity index is 2.46. The summed E-state index contributed by atoms with van der Waals surface area (Å²) in [6.45, 7) is 5.05. The van der Waals surface area contributed by atoms with E-state index in [0.29, 0.717) is 17.8 Å². The number of furan rings is 1. The summed E-state index contributed by atoms with van der Waals surface area (Å²) >= 11 is 3.10. The molecule has 1 heterocycles. The Labute approximate surface area is 108 Å². The first kappa shape index (κ1) is 13.8. The van der Waals surface area contributed by atoms with Gasteiger partial charge >= 0.3 is 0 Å². The number of nitrogens with one attached hydrogen (secondary N) is 1. The Bertz CT molecular complexity index is 399. The summed E-state index contributed by atoms with van der Waals surface area (Å²) < 4.78 is 5.55. The van der Waals surface area contributed by atoms with E-state index < -0.39 is 5.91 Å². The smallest absolute Gasteiger partial charge is 0.287 e. The second-order valence-electron chi connectivity index (χ2n) is 3.35. The highest BCUT2D eigenvalue weighted by Gasteiger charge is 2.14. The summed E-state index contributed by atoms with van der Waals surface area (Å²) in [5.41, 5.74) is 0. The summed E-state index contributed by atoms with van der Waals surface area (Å²) in [6.07, 6.45) is 0. The summed E-state index contributed by atoms with van der Waals surface area (Å²) in [5.74, 6) is -0.311. The number of likely N-dealkylation sites (N-methyl/N-ethyl adjacent to an activating group) is 1. The van der Waals surface area contributed by atoms with Crippen LogP contribution in [0.5, 0.6) is 0 Å². The van der Waals surface area contributed by atoms with Crippen LogP contribution in [0.4, 0.5) is 0 Å². The van der Waals surface area contributed by atoms with Crippen molar-refractivity contribution < 1.29 is 14.0 Å². The summed E-state index contributed by atoms with van der Waals surface area (Å²) in [4.78, 5) is 24.8. The second-order valence-corrected chi connectivity index (χ2v) is 4.13. The van der Waals surface area contributed by atoms with Crippen LogP contribution in [-0.2, 0) is 4.79 Å². The fraction of sp³-hybridized carbons (Fsp3) is 0.455. The van der Waals surface area contributed by atoms with Crippen molar-refractivity contribution >= 4 is 27.7 Å². The second kappa shape index (κ2) is 6.44. The molecule has 17 heavy (non-hydrogen) atoms. The zero-order valence-corrected chi connectivity index (χ0v) is 11.4. The van der Waals surface area contributed by atoms with Gasteiger partial charge in [-0.2, -0.15) is 0 Å². The molecular weight excluding hydrogens is 288 g/mol. The van der Waals surface area contributed by atoms with Crippen molar-refractivity contribution in [3.8, 4) is 0 Å². The minimum Gasteiger partial charge on any atom is -0.444 e. The molecule has 0 radical (unpaired) electrons. The van der Waals surface area contributed by atoms with Gasteiger partial charge in [-0.25, -0.2) is 0 Å². The normalized spacial score (nSPS) is 10.1. The third-order valence-corrected chi connectivity index (χ3v) is 2.74. The van der Waals surface area contributed by atoms with Gasteiger partial charge < -0.3 is 14.6 Å². The molecule has 1 aromatic heterocycles. The number of nitrogens with zero attached hydrogens (tertiary/aromatic N) is 1. The van der Waals surface area contributed by atoms with E-state index in [1.54, 1.807) is 17.0 Å². The Hall–Kier alpha value is -1.30. The van der Waals surface area contributed by atoms with Crippen LogP contribution in [-0.4, -0.2) is 36.3 Å². The lowest BCUT2D eigenvalue weighted by Gasteiger charge is -2.18. The van der Waals surface area contributed by atoms with E-state index in [1.807, 2.05) is 13.8 Å². The minimum absolute atomic E-state index is 0.0150. The molecule has 1 N–H and O–H groups in total. The number of amides is 2. The van der Waals surface area contributed by atoms with Gasteiger partial charge in [-0.15, -0.1) is 0 Å². The van der Waals surface area contributed by atoms with Gasteiger partial charge in [0.05, 0.1) is 6.54 Å². The molecule has 5 nitrogen and oxygen atoms in total. The van der Waals surface area contributed by atoms with E-state index in [9.17, 15) is 9.59 Å². The first-order valence-corrected chi connectivity index (χ1v) is 6.19. The fourth-order valence-corrected chi connectivity index (χ4v) is 1.67. The fourth-order valence-electron chi connectivity index (χ4n) is 1.37. The van der Waals surface area contributed by atoms with Crippen LogP contribution < -0.4 is 5.32 Å². The van der Waals surface area contributed by atoms with Crippen molar-refractivity contribution in [3.05, 3.63) is 22.6 Å². The average molecular weight is 303 g/mol. The Kier molecular flexibility index (Phi) is 5.21. The maximum atomic E-state index is 11.6. The van der Waals surface area contributed by atoms with E-state index in [2.05, 4.69) is 21.2 Å². The van der Waals surface area contributed by atoms with E-state index in [1.165, 1.54) is 0 Å². The molecule has 1 aromatic rings. The maximum absolute atomic E-state index is 11.6. The van der Waals surface area contributed by atoms with E-state index in [-0.39, 0.29) is 18.2 Å². The highest BCUT2D eigenvalue weighted by molar-refractivity contribution is 9.10. The lowest BCUT2D eigenvalue weighted by Crippen LogP contribution is -2.39. The lowest BCUT2D eigenvalue weighted by molar-refractivity contribution is -0.129. The van der Waals surface area contributed by atoms with Crippen LogP contribution in [0.3, 0.4) is 0 Å². The third kappa shape index (κ3) is 3.89. The number of hydrogen-bond donors (Lipinski definition) is 1. The van der Waals surface area contributed by atoms with Crippen LogP contribution in [0.15, 0.2) is 21.2 Å². The predicted molar refractivity (Wildman–Crippen MR) is 66.7 cm³/mol. The van der Waals surface area contributed by atoms with Gasteiger partial charge in [-0.3, -0.25) is 9.59 Å². The van der Waals surface area contributed by atoms with Gasteiger partial charge in [0.1, 0.15) is 0 Å². The van der Waals surface area contributed by atoms with Crippen LogP contribution >= 0.6 is 15.9 Å². The molecule has 2 amide bonds. The molecule has 94 valence electrons. The largest absolute Gasteiger partial charge is 0.444 e. The van der Waals surface area contributed by atoms with E-state index in [0.717, 1.165) is 0 Å². The first-order valence-electron chi connectivity index (χ1n) is 5.39. The third-order valence-electron chi connectivity index (χ3n) is 2.31. The first-order chi connectivity index (χ1) is 8.08. The van der Waals surface area contributed by atoms with Gasteiger partial charge in [0.2, 0.25) is 5.91 Å². The van der Waals surface area contributed by atoms with Gasteiger partial charge in [-0.05, 0) is 41.9 Å². The van der Waals surface area contributed by atoms with Crippen molar-refractivity contribution in [2.75, 3.05) is 19.6 Å². The average Bonchev–Trinajstić information content (AvgIpc) is 2.74. The molecule has 0 spiro atoms. The number of carbonyl (C=O) groups is 2. The predicted octanol–water partition coefficient (Wildman–Crippen LogP) is 1.64. The van der Waals surface area contributed by atoms with Crippen molar-refractivity contribution in [2.24, 2.45) is 0 Å². The molecule has 0 aliphatic carbocycles. The van der Waals surface area contributed by atoms with Crippen LogP contribution in [0.25, 0.3) is 0 Å². The molecule has 0 aliphatic heterocycles. The van der Waals surface area contributed by atoms with Gasteiger partial charge in [0.25, 0.3) is 5.91 Å². The highest BCUT2D eigenvalue weighted by Crippen LogP contribution is 2.13. The molecule has 0 unspecified atom stereocenters. The topological polar surface area (TPSA) is 62.6 Å². The summed E-state index contributed by atoms with van der Waals surface area (Å²) in [7, 11) is 0. The summed E-state index contributed by atoms with van der Waals surface area (Å²) in [5, 5.41) is 2.52. The van der Waals surface area contributed by atoms with E-state index in [4.69, 9.17) is 4.42 Å². The zero-order chi connectivity index (χ0) is 12.8. The minimum atomic E-state index is -0.392. The molecule has 6 heteroatoms. The lowest BCUT2D eigenvalue weighted by atomic mass is 10.4. The number of rotatable bonds is 5. The van der Waals surface area contributed by atoms with Gasteiger partial charge in [0, 0.05) is 13.1 Å². The molecule has 0 aromatic carbocycles. The molecule has 0 aliphatic rings. The monoisotopic (exact) mass is 302 g/mol. The highest BCUT2D eigenvalue weighted by atomic mass is 79.9. The molecule has 0 atom stereocenters. The molecule has 0 saturated heterocycles. The zero-order valence-electron chi connectivity index (χ0n) is 9.83. The van der Waals surface area contributed by atoms with Crippen LogP contribution in [0.1, 0.15) is 24.4 Å². The molecule has 0 bridgehead atoms. The molecule has 0 saturated carbocycles.